The molecule has 0 aliphatic carbocycles. The lowest BCUT2D eigenvalue weighted by Crippen LogP contribution is -2.46. The molecule has 1 fully saturated rings. The lowest BCUT2D eigenvalue weighted by Gasteiger charge is -2.33. The van der Waals surface area contributed by atoms with E-state index >= 15 is 0 Å². The standard InChI is InChI=1S/C11H22BrNO3S/c1-10(2)16-7-8-17(14,15)13-6-4-3-5-11(13)9-12/h10-11H,3-9H2,1-2H3. The smallest absolute Gasteiger partial charge is 0.216 e. The Morgan fingerprint density at radius 2 is 2.12 bits per heavy atom. The van der Waals surface area contributed by atoms with Crippen molar-refractivity contribution in [3.63, 3.8) is 0 Å². The zero-order chi connectivity index (χ0) is 12.9. The van der Waals surface area contributed by atoms with E-state index in [0.717, 1.165) is 24.6 Å². The molecule has 0 aromatic carbocycles. The number of alkyl halides is 1. The number of rotatable bonds is 6. The fourth-order valence-corrected chi connectivity index (χ4v) is 4.45. The number of ether oxygens (including phenoxy) is 1. The molecular weight excluding hydrogens is 306 g/mol. The molecule has 0 bridgehead atoms. The minimum atomic E-state index is -3.16. The molecule has 0 N–H and O–H groups in total. The molecule has 1 aliphatic rings. The molecule has 1 unspecified atom stereocenters. The SMILES string of the molecule is CC(C)OCCS(=O)(=O)N1CCCCC1CBr. The third-order valence-corrected chi connectivity index (χ3v) is 5.53. The molecule has 4 nitrogen and oxygen atoms in total. The molecule has 1 saturated heterocycles. The summed E-state index contributed by atoms with van der Waals surface area (Å²) in [5.41, 5.74) is 0. The van der Waals surface area contributed by atoms with Crippen LogP contribution < -0.4 is 0 Å². The molecule has 1 atom stereocenters. The Morgan fingerprint density at radius 1 is 1.41 bits per heavy atom. The average Bonchev–Trinajstić information content (AvgIpc) is 2.28. The minimum Gasteiger partial charge on any atom is -0.378 e. The van der Waals surface area contributed by atoms with E-state index in [-0.39, 0.29) is 24.5 Å². The van der Waals surface area contributed by atoms with Gasteiger partial charge in [0, 0.05) is 17.9 Å². The fraction of sp³-hybridized carbons (Fsp3) is 1.00. The maximum absolute atomic E-state index is 12.2. The Kier molecular flexibility index (Phi) is 6.40. The highest BCUT2D eigenvalue weighted by Crippen LogP contribution is 2.22. The van der Waals surface area contributed by atoms with Crippen molar-refractivity contribution in [2.24, 2.45) is 0 Å². The molecule has 1 aliphatic heterocycles. The van der Waals surface area contributed by atoms with Crippen molar-refractivity contribution in [3.8, 4) is 0 Å². The van der Waals surface area contributed by atoms with Crippen LogP contribution in [0.15, 0.2) is 0 Å². The molecule has 1 rings (SSSR count). The van der Waals surface area contributed by atoms with E-state index in [9.17, 15) is 8.42 Å². The third-order valence-electron chi connectivity index (χ3n) is 2.90. The summed E-state index contributed by atoms with van der Waals surface area (Å²) in [6, 6.07) is 0.118. The van der Waals surface area contributed by atoms with Crippen LogP contribution in [0.2, 0.25) is 0 Å². The third kappa shape index (κ3) is 4.85. The van der Waals surface area contributed by atoms with Gasteiger partial charge in [0.1, 0.15) is 0 Å². The predicted molar refractivity (Wildman–Crippen MR) is 73.0 cm³/mol. The van der Waals surface area contributed by atoms with Gasteiger partial charge in [0.05, 0.1) is 18.5 Å². The molecule has 102 valence electrons. The van der Waals surface area contributed by atoms with Gasteiger partial charge in [0.15, 0.2) is 0 Å². The summed E-state index contributed by atoms with van der Waals surface area (Å²) in [6.45, 7) is 4.76. The summed E-state index contributed by atoms with van der Waals surface area (Å²) < 4.78 is 31.3. The maximum Gasteiger partial charge on any atom is 0.216 e. The summed E-state index contributed by atoms with van der Waals surface area (Å²) in [4.78, 5) is 0. The van der Waals surface area contributed by atoms with Gasteiger partial charge >= 0.3 is 0 Å². The van der Waals surface area contributed by atoms with E-state index in [1.807, 2.05) is 13.8 Å². The van der Waals surface area contributed by atoms with Crippen LogP contribution in [0.5, 0.6) is 0 Å². The Bertz CT molecular complexity index is 319. The van der Waals surface area contributed by atoms with Crippen molar-refractivity contribution < 1.29 is 13.2 Å². The number of sulfonamides is 1. The maximum atomic E-state index is 12.2. The van der Waals surface area contributed by atoms with Crippen LogP contribution in [0.3, 0.4) is 0 Å². The number of hydrogen-bond acceptors (Lipinski definition) is 3. The van der Waals surface area contributed by atoms with Crippen molar-refractivity contribution in [1.29, 1.82) is 0 Å². The Balaban J connectivity index is 2.55. The van der Waals surface area contributed by atoms with Gasteiger partial charge in [-0.1, -0.05) is 22.4 Å². The van der Waals surface area contributed by atoms with Crippen molar-refractivity contribution in [3.05, 3.63) is 0 Å². The summed E-state index contributed by atoms with van der Waals surface area (Å²) in [5.74, 6) is 0.0919. The monoisotopic (exact) mass is 327 g/mol. The lowest BCUT2D eigenvalue weighted by molar-refractivity contribution is 0.0903. The molecule has 0 spiro atoms. The summed E-state index contributed by atoms with van der Waals surface area (Å²) >= 11 is 3.40. The fourth-order valence-electron chi connectivity index (χ4n) is 2.00. The molecule has 0 aromatic heterocycles. The number of nitrogens with zero attached hydrogens (tertiary/aromatic N) is 1. The van der Waals surface area contributed by atoms with E-state index in [4.69, 9.17) is 4.74 Å². The van der Waals surface area contributed by atoms with Crippen LogP contribution in [0.4, 0.5) is 0 Å². The van der Waals surface area contributed by atoms with Crippen LogP contribution in [0, 0.1) is 0 Å². The number of halogens is 1. The average molecular weight is 328 g/mol. The highest BCUT2D eigenvalue weighted by molar-refractivity contribution is 9.09. The normalized spacial score (nSPS) is 23.2. The molecule has 1 heterocycles. The highest BCUT2D eigenvalue weighted by atomic mass is 79.9. The van der Waals surface area contributed by atoms with Gasteiger partial charge in [-0.25, -0.2) is 8.42 Å². The summed E-state index contributed by atoms with van der Waals surface area (Å²) in [7, 11) is -3.16. The Morgan fingerprint density at radius 3 is 2.71 bits per heavy atom. The first-order chi connectivity index (χ1) is 7.97. The second-order valence-electron chi connectivity index (χ2n) is 4.65. The van der Waals surface area contributed by atoms with Gasteiger partial charge in [0.25, 0.3) is 0 Å². The molecule has 0 saturated carbocycles. The van der Waals surface area contributed by atoms with Crippen LogP contribution in [0.25, 0.3) is 0 Å². The molecule has 0 amide bonds. The first-order valence-electron chi connectivity index (χ1n) is 6.14. The minimum absolute atomic E-state index is 0.0820. The van der Waals surface area contributed by atoms with Gasteiger partial charge in [-0.15, -0.1) is 0 Å². The van der Waals surface area contributed by atoms with Crippen molar-refractivity contribution in [1.82, 2.24) is 4.31 Å². The van der Waals surface area contributed by atoms with Crippen molar-refractivity contribution >= 4 is 26.0 Å². The molecule has 17 heavy (non-hydrogen) atoms. The second-order valence-corrected chi connectivity index (χ2v) is 7.34. The van der Waals surface area contributed by atoms with Gasteiger partial charge in [0.2, 0.25) is 10.0 Å². The van der Waals surface area contributed by atoms with Gasteiger partial charge in [-0.2, -0.15) is 4.31 Å². The van der Waals surface area contributed by atoms with Crippen LogP contribution in [-0.2, 0) is 14.8 Å². The van der Waals surface area contributed by atoms with Crippen LogP contribution in [-0.4, -0.2) is 49.1 Å². The first kappa shape index (κ1) is 15.4. The van der Waals surface area contributed by atoms with E-state index in [2.05, 4.69) is 15.9 Å². The number of piperidine rings is 1. The quantitative estimate of drug-likeness (QED) is 0.701. The first-order valence-corrected chi connectivity index (χ1v) is 8.87. The van der Waals surface area contributed by atoms with Crippen molar-refractivity contribution in [2.75, 3.05) is 24.2 Å². The highest BCUT2D eigenvalue weighted by Gasteiger charge is 2.31. The van der Waals surface area contributed by atoms with Crippen LogP contribution >= 0.6 is 15.9 Å². The topological polar surface area (TPSA) is 46.6 Å². The predicted octanol–water partition coefficient (Wildman–Crippen LogP) is 1.99. The zero-order valence-electron chi connectivity index (χ0n) is 10.6. The lowest BCUT2D eigenvalue weighted by atomic mass is 10.1. The summed E-state index contributed by atoms with van der Waals surface area (Å²) in [6.07, 6.45) is 3.12. The van der Waals surface area contributed by atoms with Crippen molar-refractivity contribution in [2.45, 2.75) is 45.3 Å². The van der Waals surface area contributed by atoms with E-state index in [1.165, 1.54) is 0 Å². The number of hydrogen-bond donors (Lipinski definition) is 0. The molecule has 6 heteroatoms. The van der Waals surface area contributed by atoms with Gasteiger partial charge < -0.3 is 4.74 Å². The van der Waals surface area contributed by atoms with E-state index < -0.39 is 10.0 Å². The molecule has 0 radical (unpaired) electrons. The Labute approximate surface area is 113 Å². The summed E-state index contributed by atoms with van der Waals surface area (Å²) in [5, 5.41) is 0.720. The molecule has 0 aromatic rings. The van der Waals surface area contributed by atoms with Crippen LogP contribution in [0.1, 0.15) is 33.1 Å². The zero-order valence-corrected chi connectivity index (χ0v) is 13.0. The van der Waals surface area contributed by atoms with E-state index in [1.54, 1.807) is 4.31 Å². The molecular formula is C11H22BrNO3S. The van der Waals surface area contributed by atoms with E-state index in [0.29, 0.717) is 6.54 Å². The second kappa shape index (κ2) is 7.07. The largest absolute Gasteiger partial charge is 0.378 e. The Hall–Kier alpha value is 0.350. The van der Waals surface area contributed by atoms with Gasteiger partial charge in [-0.05, 0) is 26.7 Å². The van der Waals surface area contributed by atoms with Gasteiger partial charge in [-0.3, -0.25) is 0 Å².